The van der Waals surface area contributed by atoms with Crippen LogP contribution in [0.1, 0.15) is 44.9 Å². The van der Waals surface area contributed by atoms with Gasteiger partial charge in [0.1, 0.15) is 0 Å². The molecule has 1 aliphatic heterocycles. The van der Waals surface area contributed by atoms with Gasteiger partial charge in [0.25, 0.3) is 0 Å². The number of rotatable bonds is 4. The Labute approximate surface area is 169 Å². The van der Waals surface area contributed by atoms with E-state index in [1.165, 1.54) is 12.0 Å². The number of aryl methyl sites for hydroxylation is 1. The van der Waals surface area contributed by atoms with E-state index < -0.39 is 0 Å². The smallest absolute Gasteiger partial charge is 0.191 e. The van der Waals surface area contributed by atoms with Gasteiger partial charge in [0.15, 0.2) is 5.96 Å². The molecule has 1 saturated heterocycles. The van der Waals surface area contributed by atoms with Crippen molar-refractivity contribution in [3.05, 3.63) is 29.6 Å². The fraction of sp³-hybridized carbons (Fsp3) is 0.684. The number of hydrogen-bond acceptors (Lipinski definition) is 3. The number of halogens is 1. The lowest BCUT2D eigenvalue weighted by atomic mass is 9.78. The van der Waals surface area contributed by atoms with E-state index >= 15 is 0 Å². The number of aromatic nitrogens is 1. The first-order chi connectivity index (χ1) is 11.4. The molecule has 0 spiro atoms. The molecule has 1 aromatic rings. The van der Waals surface area contributed by atoms with Gasteiger partial charge in [0.05, 0.1) is 18.3 Å². The Kier molecular flexibility index (Phi) is 9.13. The summed E-state index contributed by atoms with van der Waals surface area (Å²) in [5.41, 5.74) is 2.40. The van der Waals surface area contributed by atoms with Crippen LogP contribution in [0, 0.1) is 18.3 Å². The Morgan fingerprint density at radius 2 is 2.12 bits per heavy atom. The van der Waals surface area contributed by atoms with E-state index in [2.05, 4.69) is 54.4 Å². The molecule has 0 aliphatic carbocycles. The van der Waals surface area contributed by atoms with Gasteiger partial charge in [-0.25, -0.2) is 0 Å². The lowest BCUT2D eigenvalue weighted by Gasteiger charge is -2.40. The minimum absolute atomic E-state index is 0. The van der Waals surface area contributed by atoms with Gasteiger partial charge >= 0.3 is 0 Å². The van der Waals surface area contributed by atoms with E-state index in [-0.39, 0.29) is 35.5 Å². The molecule has 25 heavy (non-hydrogen) atoms. The first-order valence-electron chi connectivity index (χ1n) is 8.88. The molecular weight excluding hydrogens is 427 g/mol. The highest BCUT2D eigenvalue weighted by Gasteiger charge is 2.35. The molecule has 0 radical (unpaired) electrons. The summed E-state index contributed by atoms with van der Waals surface area (Å²) < 4.78 is 6.06. The second-order valence-electron chi connectivity index (χ2n) is 7.63. The summed E-state index contributed by atoms with van der Waals surface area (Å²) in [5, 5.41) is 6.82. The molecule has 6 heteroatoms. The van der Waals surface area contributed by atoms with Crippen molar-refractivity contribution in [2.45, 2.75) is 53.2 Å². The fourth-order valence-corrected chi connectivity index (χ4v) is 3.33. The van der Waals surface area contributed by atoms with E-state index in [1.54, 1.807) is 7.05 Å². The average Bonchev–Trinajstić information content (AvgIpc) is 2.56. The van der Waals surface area contributed by atoms with Gasteiger partial charge in [0, 0.05) is 32.3 Å². The summed E-state index contributed by atoms with van der Waals surface area (Å²) in [7, 11) is 1.80. The van der Waals surface area contributed by atoms with Crippen LogP contribution >= 0.6 is 24.0 Å². The highest BCUT2D eigenvalue weighted by atomic mass is 127. The third-order valence-electron chi connectivity index (χ3n) is 4.59. The maximum atomic E-state index is 6.06. The summed E-state index contributed by atoms with van der Waals surface area (Å²) in [4.78, 5) is 8.74. The number of nitrogens with one attached hydrogen (secondary N) is 2. The van der Waals surface area contributed by atoms with Crippen LogP contribution in [0.5, 0.6) is 0 Å². The Balaban J connectivity index is 0.00000312. The number of hydrogen-bond donors (Lipinski definition) is 2. The van der Waals surface area contributed by atoms with Gasteiger partial charge in [-0.05, 0) is 36.8 Å². The number of nitrogens with zero attached hydrogens (tertiary/aromatic N) is 2. The molecule has 2 rings (SSSR count). The van der Waals surface area contributed by atoms with Gasteiger partial charge in [-0.2, -0.15) is 0 Å². The van der Waals surface area contributed by atoms with E-state index in [9.17, 15) is 0 Å². The molecule has 0 saturated carbocycles. The van der Waals surface area contributed by atoms with E-state index in [0.29, 0.717) is 12.5 Å². The monoisotopic (exact) mass is 460 g/mol. The minimum Gasteiger partial charge on any atom is -0.377 e. The molecular formula is C19H33IN4O. The first-order valence-corrected chi connectivity index (χ1v) is 8.88. The van der Waals surface area contributed by atoms with Crippen molar-refractivity contribution < 1.29 is 4.74 Å². The number of guanidine groups is 1. The van der Waals surface area contributed by atoms with Crippen LogP contribution in [-0.4, -0.2) is 37.2 Å². The molecule has 1 aliphatic rings. The number of ether oxygens (including phenoxy) is 1. The topological polar surface area (TPSA) is 58.5 Å². The van der Waals surface area contributed by atoms with Crippen molar-refractivity contribution in [2.24, 2.45) is 16.3 Å². The summed E-state index contributed by atoms with van der Waals surface area (Å²) in [6, 6.07) is 4.04. The molecule has 1 fully saturated rings. The van der Waals surface area contributed by atoms with Crippen LogP contribution in [0.15, 0.2) is 23.3 Å². The van der Waals surface area contributed by atoms with Gasteiger partial charge in [0.2, 0.25) is 0 Å². The molecule has 2 heterocycles. The molecule has 5 nitrogen and oxygen atoms in total. The van der Waals surface area contributed by atoms with Gasteiger partial charge in [-0.15, -0.1) is 24.0 Å². The van der Waals surface area contributed by atoms with Crippen molar-refractivity contribution in [2.75, 3.05) is 20.2 Å². The van der Waals surface area contributed by atoms with Gasteiger partial charge in [-0.1, -0.05) is 26.8 Å². The average molecular weight is 460 g/mol. The first kappa shape index (κ1) is 22.2. The van der Waals surface area contributed by atoms with Gasteiger partial charge < -0.3 is 15.4 Å². The zero-order valence-electron chi connectivity index (χ0n) is 16.1. The van der Waals surface area contributed by atoms with Crippen molar-refractivity contribution in [1.82, 2.24) is 15.6 Å². The Morgan fingerprint density at radius 3 is 2.76 bits per heavy atom. The SMILES string of the molecule is CN=C(NCc1ncccc1C)NCC1CCCOC1C(C)(C)C.I. The molecule has 2 atom stereocenters. The quantitative estimate of drug-likeness (QED) is 0.410. The van der Waals surface area contributed by atoms with Crippen LogP contribution in [0.2, 0.25) is 0 Å². The van der Waals surface area contributed by atoms with E-state index in [1.807, 2.05) is 12.3 Å². The lowest BCUT2D eigenvalue weighted by molar-refractivity contribution is -0.0835. The zero-order chi connectivity index (χ0) is 17.6. The lowest BCUT2D eigenvalue weighted by Crippen LogP contribution is -2.47. The van der Waals surface area contributed by atoms with Crippen LogP contribution in [0.25, 0.3) is 0 Å². The zero-order valence-corrected chi connectivity index (χ0v) is 18.5. The van der Waals surface area contributed by atoms with Gasteiger partial charge in [-0.3, -0.25) is 9.98 Å². The Bertz CT molecular complexity index is 557. The van der Waals surface area contributed by atoms with Crippen molar-refractivity contribution in [3.63, 3.8) is 0 Å². The molecule has 1 aromatic heterocycles. The molecule has 0 amide bonds. The molecule has 0 aromatic carbocycles. The molecule has 2 N–H and O–H groups in total. The summed E-state index contributed by atoms with van der Waals surface area (Å²) in [5.74, 6) is 1.33. The minimum atomic E-state index is 0. The van der Waals surface area contributed by atoms with E-state index in [0.717, 1.165) is 31.2 Å². The van der Waals surface area contributed by atoms with Crippen molar-refractivity contribution in [1.29, 1.82) is 0 Å². The third-order valence-corrected chi connectivity index (χ3v) is 4.59. The molecule has 0 bridgehead atoms. The summed E-state index contributed by atoms with van der Waals surface area (Å²) in [6.07, 6.45) is 4.45. The summed E-state index contributed by atoms with van der Waals surface area (Å²) >= 11 is 0. The largest absolute Gasteiger partial charge is 0.377 e. The Hall–Kier alpha value is -0.890. The normalized spacial score (nSPS) is 21.4. The van der Waals surface area contributed by atoms with Crippen LogP contribution < -0.4 is 10.6 Å². The summed E-state index contributed by atoms with van der Waals surface area (Å²) in [6.45, 7) is 11.3. The van der Waals surface area contributed by atoms with Crippen LogP contribution in [-0.2, 0) is 11.3 Å². The number of aliphatic imine (C=N–C) groups is 1. The fourth-order valence-electron chi connectivity index (χ4n) is 3.33. The number of pyridine rings is 1. The van der Waals surface area contributed by atoms with Crippen LogP contribution in [0.4, 0.5) is 0 Å². The highest BCUT2D eigenvalue weighted by Crippen LogP contribution is 2.33. The standard InChI is InChI=1S/C19H32N4O.HI/c1-14-8-6-10-21-16(14)13-23-18(20-5)22-12-15-9-7-11-24-17(15)19(2,3)4;/h6,8,10,15,17H,7,9,11-13H2,1-5H3,(H2,20,22,23);1H. The van der Waals surface area contributed by atoms with E-state index in [4.69, 9.17) is 4.74 Å². The second kappa shape index (κ2) is 10.3. The maximum absolute atomic E-state index is 6.06. The predicted octanol–water partition coefficient (Wildman–Crippen LogP) is 3.51. The van der Waals surface area contributed by atoms with Crippen molar-refractivity contribution in [3.8, 4) is 0 Å². The predicted molar refractivity (Wildman–Crippen MR) is 115 cm³/mol. The molecule has 2 unspecified atom stereocenters. The Morgan fingerprint density at radius 1 is 1.36 bits per heavy atom. The van der Waals surface area contributed by atoms with Crippen molar-refractivity contribution >= 4 is 29.9 Å². The molecule has 142 valence electrons. The van der Waals surface area contributed by atoms with Crippen LogP contribution in [0.3, 0.4) is 0 Å². The maximum Gasteiger partial charge on any atom is 0.191 e. The second-order valence-corrected chi connectivity index (χ2v) is 7.63. The third kappa shape index (κ3) is 6.73. The highest BCUT2D eigenvalue weighted by molar-refractivity contribution is 14.0.